The molecule has 1 aromatic heterocycles. The molecule has 0 saturated carbocycles. The van der Waals surface area contributed by atoms with Crippen molar-refractivity contribution in [2.75, 3.05) is 0 Å². The monoisotopic (exact) mass is 332 g/mol. The maximum Gasteiger partial charge on any atom is 0.185 e. The summed E-state index contributed by atoms with van der Waals surface area (Å²) in [4.78, 5) is 10.8. The van der Waals surface area contributed by atoms with Crippen LogP contribution >= 0.6 is 23.2 Å². The van der Waals surface area contributed by atoms with Gasteiger partial charge in [-0.3, -0.25) is 4.79 Å². The summed E-state index contributed by atoms with van der Waals surface area (Å²) in [7, 11) is 0. The van der Waals surface area contributed by atoms with Gasteiger partial charge in [0.1, 0.15) is 17.3 Å². The number of aldehydes is 1. The van der Waals surface area contributed by atoms with Crippen LogP contribution < -0.4 is 4.74 Å². The van der Waals surface area contributed by atoms with Gasteiger partial charge in [0.15, 0.2) is 12.0 Å². The minimum absolute atomic E-state index is 0.235. The highest BCUT2D eigenvalue weighted by Gasteiger charge is 2.13. The summed E-state index contributed by atoms with van der Waals surface area (Å²) in [5.74, 6) is 1.78. The fraction of sp³-hybridized carbons (Fsp3) is 0. The Morgan fingerprint density at radius 1 is 0.955 bits per heavy atom. The highest BCUT2D eigenvalue weighted by atomic mass is 35.5. The molecule has 22 heavy (non-hydrogen) atoms. The van der Waals surface area contributed by atoms with Gasteiger partial charge in [0.25, 0.3) is 0 Å². The minimum Gasteiger partial charge on any atom is -0.455 e. The average molecular weight is 333 g/mol. The fourth-order valence-corrected chi connectivity index (χ4v) is 2.34. The molecule has 5 heteroatoms. The van der Waals surface area contributed by atoms with Crippen LogP contribution in [0.2, 0.25) is 10.0 Å². The van der Waals surface area contributed by atoms with E-state index in [0.717, 1.165) is 0 Å². The number of para-hydroxylation sites is 1. The number of carbonyl (C=O) groups is 1. The highest BCUT2D eigenvalue weighted by molar-refractivity contribution is 6.32. The molecule has 0 unspecified atom stereocenters. The van der Waals surface area contributed by atoms with Crippen molar-refractivity contribution in [1.29, 1.82) is 0 Å². The van der Waals surface area contributed by atoms with Crippen molar-refractivity contribution in [3.8, 4) is 22.8 Å². The Hall–Kier alpha value is -2.23. The van der Waals surface area contributed by atoms with Crippen LogP contribution in [0.25, 0.3) is 11.3 Å². The van der Waals surface area contributed by atoms with Crippen LogP contribution in [0.1, 0.15) is 10.6 Å². The van der Waals surface area contributed by atoms with E-state index >= 15 is 0 Å². The number of ether oxygens (including phenoxy) is 1. The van der Waals surface area contributed by atoms with Gasteiger partial charge < -0.3 is 9.15 Å². The van der Waals surface area contributed by atoms with E-state index in [1.165, 1.54) is 0 Å². The third-order valence-electron chi connectivity index (χ3n) is 3.01. The predicted octanol–water partition coefficient (Wildman–Crippen LogP) is 5.86. The first-order chi connectivity index (χ1) is 10.7. The highest BCUT2D eigenvalue weighted by Crippen LogP contribution is 2.38. The van der Waals surface area contributed by atoms with Gasteiger partial charge >= 0.3 is 0 Å². The van der Waals surface area contributed by atoms with E-state index in [0.29, 0.717) is 39.2 Å². The molecule has 3 aromatic rings. The van der Waals surface area contributed by atoms with E-state index in [4.69, 9.17) is 32.4 Å². The van der Waals surface area contributed by atoms with E-state index < -0.39 is 0 Å². The van der Waals surface area contributed by atoms with E-state index in [1.54, 1.807) is 42.5 Å². The van der Waals surface area contributed by atoms with Gasteiger partial charge in [-0.1, -0.05) is 35.3 Å². The first-order valence-electron chi connectivity index (χ1n) is 6.44. The molecule has 1 heterocycles. The maximum absolute atomic E-state index is 10.8. The Morgan fingerprint density at radius 3 is 2.50 bits per heavy atom. The lowest BCUT2D eigenvalue weighted by molar-refractivity contribution is 0.110. The van der Waals surface area contributed by atoms with Crippen LogP contribution in [0.4, 0.5) is 0 Å². The fourth-order valence-electron chi connectivity index (χ4n) is 1.99. The second kappa shape index (κ2) is 6.26. The second-order valence-corrected chi connectivity index (χ2v) is 5.34. The van der Waals surface area contributed by atoms with E-state index in [2.05, 4.69) is 0 Å². The van der Waals surface area contributed by atoms with Crippen LogP contribution in [0.5, 0.6) is 11.5 Å². The summed E-state index contributed by atoms with van der Waals surface area (Å²) in [5, 5.41) is 1.03. The van der Waals surface area contributed by atoms with Gasteiger partial charge in [-0.05, 0) is 42.5 Å². The smallest absolute Gasteiger partial charge is 0.185 e. The average Bonchev–Trinajstić information content (AvgIpc) is 3.00. The Morgan fingerprint density at radius 2 is 1.77 bits per heavy atom. The van der Waals surface area contributed by atoms with Crippen LogP contribution in [0.15, 0.2) is 59.0 Å². The van der Waals surface area contributed by atoms with Crippen molar-refractivity contribution < 1.29 is 13.9 Å². The van der Waals surface area contributed by atoms with Gasteiger partial charge in [-0.25, -0.2) is 0 Å². The van der Waals surface area contributed by atoms with Crippen molar-refractivity contribution in [3.05, 3.63) is 70.4 Å². The SMILES string of the molecule is O=Cc1ccc(-c2cc(Cl)ccc2Oc2ccccc2Cl)o1. The molecule has 0 spiro atoms. The number of furan rings is 1. The Labute approximate surface area is 137 Å². The van der Waals surface area contributed by atoms with Crippen molar-refractivity contribution >= 4 is 29.5 Å². The normalized spacial score (nSPS) is 10.5. The number of benzene rings is 2. The Bertz CT molecular complexity index is 824. The van der Waals surface area contributed by atoms with Crippen molar-refractivity contribution in [1.82, 2.24) is 0 Å². The molecule has 3 nitrogen and oxygen atoms in total. The summed E-state index contributed by atoms with van der Waals surface area (Å²) in [6.07, 6.45) is 0.642. The third-order valence-corrected chi connectivity index (χ3v) is 3.55. The zero-order chi connectivity index (χ0) is 15.5. The second-order valence-electron chi connectivity index (χ2n) is 4.49. The number of hydrogen-bond acceptors (Lipinski definition) is 3. The zero-order valence-electron chi connectivity index (χ0n) is 11.3. The number of halogens is 2. The van der Waals surface area contributed by atoms with Crippen molar-refractivity contribution in [2.24, 2.45) is 0 Å². The summed E-state index contributed by atoms with van der Waals surface area (Å²) in [6.45, 7) is 0. The number of rotatable bonds is 4. The van der Waals surface area contributed by atoms with Gasteiger partial charge in [-0.2, -0.15) is 0 Å². The van der Waals surface area contributed by atoms with E-state index in [9.17, 15) is 4.79 Å². The molecule has 3 rings (SSSR count). The molecule has 110 valence electrons. The zero-order valence-corrected chi connectivity index (χ0v) is 12.8. The molecule has 0 atom stereocenters. The lowest BCUT2D eigenvalue weighted by Crippen LogP contribution is -1.88. The molecule has 0 aliphatic carbocycles. The Balaban J connectivity index is 2.04. The van der Waals surface area contributed by atoms with Gasteiger partial charge in [0, 0.05) is 5.02 Å². The van der Waals surface area contributed by atoms with Gasteiger partial charge in [-0.15, -0.1) is 0 Å². The maximum atomic E-state index is 10.8. The molecule has 0 fully saturated rings. The Kier molecular flexibility index (Phi) is 4.18. The van der Waals surface area contributed by atoms with Crippen molar-refractivity contribution in [2.45, 2.75) is 0 Å². The van der Waals surface area contributed by atoms with Gasteiger partial charge in [0.2, 0.25) is 0 Å². The molecule has 0 saturated heterocycles. The minimum atomic E-state index is 0.235. The molecule has 0 radical (unpaired) electrons. The summed E-state index contributed by atoms with van der Waals surface area (Å²) in [5.41, 5.74) is 0.639. The third kappa shape index (κ3) is 3.01. The lowest BCUT2D eigenvalue weighted by atomic mass is 10.1. The number of carbonyl (C=O) groups excluding carboxylic acids is 1. The summed E-state index contributed by atoms with van der Waals surface area (Å²) < 4.78 is 11.3. The number of hydrogen-bond donors (Lipinski definition) is 0. The quantitative estimate of drug-likeness (QED) is 0.562. The largest absolute Gasteiger partial charge is 0.455 e. The molecule has 2 aromatic carbocycles. The standard InChI is InChI=1S/C17H10Cl2O3/c18-11-5-7-16(22-17-4-2-1-3-14(17)19)13(9-11)15-8-6-12(10-20)21-15/h1-10H. The molecule has 0 bridgehead atoms. The molecule has 0 N–H and O–H groups in total. The van der Waals surface area contributed by atoms with Crippen LogP contribution in [-0.4, -0.2) is 6.29 Å². The molecular formula is C17H10Cl2O3. The molecule has 0 aliphatic rings. The summed E-state index contributed by atoms with van der Waals surface area (Å²) in [6, 6.07) is 15.6. The first-order valence-corrected chi connectivity index (χ1v) is 7.20. The molecular weight excluding hydrogens is 323 g/mol. The van der Waals surface area contributed by atoms with E-state index in [1.807, 2.05) is 12.1 Å². The molecule has 0 amide bonds. The lowest BCUT2D eigenvalue weighted by Gasteiger charge is -2.11. The summed E-state index contributed by atoms with van der Waals surface area (Å²) >= 11 is 12.2. The van der Waals surface area contributed by atoms with Gasteiger partial charge in [0.05, 0.1) is 10.6 Å². The van der Waals surface area contributed by atoms with Crippen LogP contribution in [-0.2, 0) is 0 Å². The van der Waals surface area contributed by atoms with Crippen LogP contribution in [0.3, 0.4) is 0 Å². The van der Waals surface area contributed by atoms with E-state index in [-0.39, 0.29) is 5.76 Å². The first kappa shape index (κ1) is 14.7. The molecule has 0 aliphatic heterocycles. The predicted molar refractivity (Wildman–Crippen MR) is 86.1 cm³/mol. The van der Waals surface area contributed by atoms with Crippen LogP contribution in [0, 0.1) is 0 Å². The topological polar surface area (TPSA) is 39.4 Å². The van der Waals surface area contributed by atoms with Crippen molar-refractivity contribution in [3.63, 3.8) is 0 Å².